The third kappa shape index (κ3) is 19.2. The number of nitrogens with two attached hydrogens (primary N) is 1. The molecule has 0 saturated heterocycles. The molecular formula is C22H50NO8PS2. The Balaban J connectivity index is 0. The zero-order chi connectivity index (χ0) is 26.7. The van der Waals surface area contributed by atoms with Crippen molar-refractivity contribution in [3.05, 3.63) is 0 Å². The van der Waals surface area contributed by atoms with Crippen molar-refractivity contribution < 1.29 is 35.3 Å². The fraction of sp³-hybridized carbons (Fsp3) is 1.00. The van der Waals surface area contributed by atoms with Gasteiger partial charge in [0.1, 0.15) is 0 Å². The van der Waals surface area contributed by atoms with Crippen LogP contribution in [0.1, 0.15) is 112 Å². The molecule has 0 spiro atoms. The maximum Gasteiger partial charge on any atom is 0.474 e. The zero-order valence-electron chi connectivity index (χ0n) is 21.9. The van der Waals surface area contributed by atoms with Crippen molar-refractivity contribution >= 4 is 27.5 Å². The molecule has 3 N–H and O–H groups in total. The van der Waals surface area contributed by atoms with Crippen molar-refractivity contribution in [2.75, 3.05) is 18.1 Å². The van der Waals surface area contributed by atoms with Crippen molar-refractivity contribution in [1.29, 1.82) is 0 Å². The largest absolute Gasteiger partial charge is 0.474 e. The van der Waals surface area contributed by atoms with E-state index in [1.54, 1.807) is 0 Å². The van der Waals surface area contributed by atoms with Crippen LogP contribution in [0.25, 0.3) is 0 Å². The Morgan fingerprint density at radius 1 is 0.676 bits per heavy atom. The highest BCUT2D eigenvalue weighted by molar-refractivity contribution is 7.92. The van der Waals surface area contributed by atoms with Crippen molar-refractivity contribution in [2.24, 2.45) is 5.73 Å². The van der Waals surface area contributed by atoms with E-state index in [1.165, 1.54) is 0 Å². The summed E-state index contributed by atoms with van der Waals surface area (Å²) in [6, 6.07) is 0. The Labute approximate surface area is 209 Å². The van der Waals surface area contributed by atoms with Gasteiger partial charge in [-0.25, -0.2) is 21.4 Å². The van der Waals surface area contributed by atoms with Gasteiger partial charge in [-0.2, -0.15) is 0 Å². The Kier molecular flexibility index (Phi) is 21.3. The molecule has 9 nitrogen and oxygen atoms in total. The molecule has 0 aromatic heterocycles. The van der Waals surface area contributed by atoms with Gasteiger partial charge in [-0.1, -0.05) is 85.0 Å². The maximum absolute atomic E-state index is 12.3. The molecule has 0 aliphatic rings. The Hall–Kier alpha value is -0.0300. The number of unbranched alkanes of at least 4 members (excludes halogenated alkanes) is 10. The van der Waals surface area contributed by atoms with Crippen LogP contribution >= 0.6 is 7.82 Å². The highest BCUT2D eigenvalue weighted by atomic mass is 32.2. The van der Waals surface area contributed by atoms with E-state index in [1.807, 2.05) is 6.92 Å². The van der Waals surface area contributed by atoms with Gasteiger partial charge in [0.25, 0.3) is 0 Å². The fourth-order valence-corrected chi connectivity index (χ4v) is 7.41. The Morgan fingerprint density at radius 2 is 0.941 bits per heavy atom. The molecule has 0 radical (unpaired) electrons. The minimum absolute atomic E-state index is 0.161. The third-order valence-corrected chi connectivity index (χ3v) is 10.5. The van der Waals surface area contributed by atoms with Crippen LogP contribution in [0.4, 0.5) is 0 Å². The summed E-state index contributed by atoms with van der Waals surface area (Å²) in [5.74, 6) is -0.321. The molecule has 0 aromatic rings. The summed E-state index contributed by atoms with van der Waals surface area (Å²) in [6.07, 6.45) is 10.8. The van der Waals surface area contributed by atoms with Gasteiger partial charge < -0.3 is 10.6 Å². The summed E-state index contributed by atoms with van der Waals surface area (Å²) < 4.78 is 70.9. The zero-order valence-corrected chi connectivity index (χ0v) is 24.4. The van der Waals surface area contributed by atoms with Gasteiger partial charge >= 0.3 is 7.82 Å². The minimum Gasteiger partial charge on any atom is -0.331 e. The fourth-order valence-electron chi connectivity index (χ4n) is 3.03. The molecular weight excluding hydrogens is 501 g/mol. The summed E-state index contributed by atoms with van der Waals surface area (Å²) in [7, 11) is -12.4. The van der Waals surface area contributed by atoms with Gasteiger partial charge in [0.15, 0.2) is 30.5 Å². The lowest BCUT2D eigenvalue weighted by atomic mass is 10.1. The van der Waals surface area contributed by atoms with Crippen LogP contribution in [0, 0.1) is 0 Å². The van der Waals surface area contributed by atoms with Gasteiger partial charge in [0.2, 0.25) is 0 Å². The molecule has 0 aliphatic heterocycles. The van der Waals surface area contributed by atoms with E-state index >= 15 is 0 Å². The van der Waals surface area contributed by atoms with E-state index < -0.39 is 38.4 Å². The maximum atomic E-state index is 12.3. The van der Waals surface area contributed by atoms with E-state index in [4.69, 9.17) is 14.8 Å². The van der Waals surface area contributed by atoms with Gasteiger partial charge in [-0.15, -0.1) is 0 Å². The van der Waals surface area contributed by atoms with Crippen LogP contribution in [-0.4, -0.2) is 50.7 Å². The van der Waals surface area contributed by atoms with E-state index in [2.05, 4.69) is 13.8 Å². The van der Waals surface area contributed by atoms with Crippen molar-refractivity contribution in [2.45, 2.75) is 123 Å². The van der Waals surface area contributed by atoms with E-state index in [0.29, 0.717) is 12.8 Å². The summed E-state index contributed by atoms with van der Waals surface area (Å²) >= 11 is 0. The van der Waals surface area contributed by atoms with Crippen LogP contribution in [0.3, 0.4) is 0 Å². The van der Waals surface area contributed by atoms with Crippen LogP contribution < -0.4 is 5.73 Å². The second kappa shape index (κ2) is 20.1. The van der Waals surface area contributed by atoms with Gasteiger partial charge in [-0.3, -0.25) is 9.05 Å². The third-order valence-electron chi connectivity index (χ3n) is 5.14. The summed E-state index contributed by atoms with van der Waals surface area (Å²) in [5.41, 5.74) is 1.72. The SMILES string of the molecule is CCCCCCCCS(=O)(=O)C(C)OP(=O)(O)OC(C)S(=O)(=O)CCCCCCCC.CCN. The second-order valence-corrected chi connectivity index (χ2v) is 14.6. The van der Waals surface area contributed by atoms with Crippen molar-refractivity contribution in [3.8, 4) is 0 Å². The molecule has 0 bridgehead atoms. The quantitative estimate of drug-likeness (QED) is 0.151. The van der Waals surface area contributed by atoms with E-state index in [0.717, 1.165) is 84.6 Å². The van der Waals surface area contributed by atoms with E-state index in [9.17, 15) is 26.3 Å². The standard InChI is InChI=1S/C20H43O8PS2.C2H7N/c1-5-7-9-11-13-15-17-30(23,24)19(3)27-29(21,22)28-20(4)31(25,26)18-16-14-12-10-8-6-2;1-2-3/h19-20H,5-18H2,1-4H3,(H,21,22);2-3H2,1H3. The highest BCUT2D eigenvalue weighted by Crippen LogP contribution is 2.47. The summed E-state index contributed by atoms with van der Waals surface area (Å²) in [4.78, 5) is 9.90. The molecule has 2 atom stereocenters. The average molecular weight is 552 g/mol. The molecule has 2 unspecified atom stereocenters. The van der Waals surface area contributed by atoms with E-state index in [-0.39, 0.29) is 11.5 Å². The highest BCUT2D eigenvalue weighted by Gasteiger charge is 2.36. The molecule has 34 heavy (non-hydrogen) atoms. The monoisotopic (exact) mass is 551 g/mol. The van der Waals surface area contributed by atoms with Crippen LogP contribution in [-0.2, 0) is 33.3 Å². The van der Waals surface area contributed by atoms with Crippen molar-refractivity contribution in [3.63, 3.8) is 0 Å². The van der Waals surface area contributed by atoms with Crippen molar-refractivity contribution in [1.82, 2.24) is 0 Å². The minimum atomic E-state index is -4.86. The van der Waals surface area contributed by atoms with Gasteiger partial charge in [0, 0.05) is 0 Å². The summed E-state index contributed by atoms with van der Waals surface area (Å²) in [5, 5.41) is 0. The summed E-state index contributed by atoms with van der Waals surface area (Å²) in [6.45, 7) is 9.17. The number of hydrogen-bond donors (Lipinski definition) is 2. The molecule has 208 valence electrons. The number of phosphoric ester groups is 1. The molecule has 0 aliphatic carbocycles. The lowest BCUT2D eigenvalue weighted by Crippen LogP contribution is -2.27. The molecule has 0 amide bonds. The van der Waals surface area contributed by atoms with Crippen LogP contribution in [0.15, 0.2) is 0 Å². The van der Waals surface area contributed by atoms with Crippen LogP contribution in [0.2, 0.25) is 0 Å². The lowest BCUT2D eigenvalue weighted by Gasteiger charge is -2.21. The predicted molar refractivity (Wildman–Crippen MR) is 140 cm³/mol. The lowest BCUT2D eigenvalue weighted by molar-refractivity contribution is 0.133. The normalized spacial score (nSPS) is 15.7. The molecule has 0 rings (SSSR count). The first-order valence-corrected chi connectivity index (χ1v) is 17.5. The molecule has 0 fully saturated rings. The first kappa shape index (κ1) is 36.1. The average Bonchev–Trinajstić information content (AvgIpc) is 2.73. The van der Waals surface area contributed by atoms with Gasteiger partial charge in [0.05, 0.1) is 11.5 Å². The number of sulfone groups is 2. The molecule has 12 heteroatoms. The van der Waals surface area contributed by atoms with Crippen LogP contribution in [0.5, 0.6) is 0 Å². The number of phosphoric acid groups is 1. The Morgan fingerprint density at radius 3 is 1.24 bits per heavy atom. The topological polar surface area (TPSA) is 150 Å². The predicted octanol–water partition coefficient (Wildman–Crippen LogP) is 5.33. The molecule has 0 saturated carbocycles. The molecule has 0 heterocycles. The Bertz CT molecular complexity index is 686. The van der Waals surface area contributed by atoms with Gasteiger partial charge in [-0.05, 0) is 33.2 Å². The number of rotatable bonds is 20. The number of hydrogen-bond acceptors (Lipinski definition) is 8. The molecule has 0 aromatic carbocycles. The second-order valence-electron chi connectivity index (χ2n) is 8.49. The first-order chi connectivity index (χ1) is 15.8. The smallest absolute Gasteiger partial charge is 0.331 e. The first-order valence-electron chi connectivity index (χ1n) is 12.6.